The summed E-state index contributed by atoms with van der Waals surface area (Å²) in [6.07, 6.45) is 0. The summed E-state index contributed by atoms with van der Waals surface area (Å²) >= 11 is 6.06. The molecule has 2 aliphatic rings. The number of halogens is 1. The summed E-state index contributed by atoms with van der Waals surface area (Å²) in [5.41, 5.74) is 8.47. The molecule has 3 aromatic carbocycles. The standard InChI is InChI=1S/C26H18ClN3O2/c27-17-12-10-16(11-13-17)22-23(26(22,14-28)25(29)32)20(15-6-2-1-3-7-15)21-18-8-4-5-9-19(18)30-24(21)31/h1-13,22-23H,(H2,29,32)(H,30,31)/b21-20-/t22-,23-,26+/m0/s1. The van der Waals surface area contributed by atoms with Gasteiger partial charge in [0.15, 0.2) is 5.41 Å². The molecule has 0 aromatic heterocycles. The predicted octanol–water partition coefficient (Wildman–Crippen LogP) is 4.61. The molecule has 32 heavy (non-hydrogen) atoms. The maximum atomic E-state index is 13.1. The van der Waals surface area contributed by atoms with Gasteiger partial charge in [-0.25, -0.2) is 0 Å². The number of carbonyl (C=O) groups is 2. The average Bonchev–Trinajstić information content (AvgIpc) is 3.37. The van der Waals surface area contributed by atoms with Gasteiger partial charge in [0.25, 0.3) is 5.91 Å². The van der Waals surface area contributed by atoms with Gasteiger partial charge >= 0.3 is 0 Å². The summed E-state index contributed by atoms with van der Waals surface area (Å²) in [7, 11) is 0. The van der Waals surface area contributed by atoms with E-state index in [2.05, 4.69) is 11.4 Å². The number of rotatable bonds is 4. The highest BCUT2D eigenvalue weighted by Crippen LogP contribution is 2.70. The van der Waals surface area contributed by atoms with Crippen molar-refractivity contribution in [3.05, 3.63) is 101 Å². The first kappa shape index (κ1) is 20.0. The number of benzene rings is 3. The lowest BCUT2D eigenvalue weighted by Crippen LogP contribution is -2.26. The smallest absolute Gasteiger partial charge is 0.256 e. The lowest BCUT2D eigenvalue weighted by molar-refractivity contribution is -0.121. The monoisotopic (exact) mass is 439 g/mol. The third-order valence-electron chi connectivity index (χ3n) is 6.36. The van der Waals surface area contributed by atoms with E-state index in [-0.39, 0.29) is 5.91 Å². The molecule has 3 atom stereocenters. The average molecular weight is 440 g/mol. The quantitative estimate of drug-likeness (QED) is 0.581. The first-order valence-electron chi connectivity index (χ1n) is 10.2. The molecule has 1 fully saturated rings. The molecule has 2 amide bonds. The van der Waals surface area contributed by atoms with Crippen LogP contribution in [-0.2, 0) is 9.59 Å². The van der Waals surface area contributed by atoms with E-state index in [9.17, 15) is 14.9 Å². The Bertz CT molecular complexity index is 1330. The van der Waals surface area contributed by atoms with Crippen LogP contribution in [0.5, 0.6) is 0 Å². The van der Waals surface area contributed by atoms with E-state index >= 15 is 0 Å². The molecule has 5 rings (SSSR count). The molecule has 0 saturated heterocycles. The number of hydrogen-bond donors (Lipinski definition) is 2. The van der Waals surface area contributed by atoms with E-state index in [1.54, 1.807) is 24.3 Å². The molecule has 0 bridgehead atoms. The number of anilines is 1. The highest BCUT2D eigenvalue weighted by atomic mass is 35.5. The molecule has 1 aliphatic carbocycles. The number of para-hydroxylation sites is 1. The van der Waals surface area contributed by atoms with Crippen molar-refractivity contribution in [3.8, 4) is 6.07 Å². The Balaban J connectivity index is 1.79. The Kier molecular flexibility index (Phi) is 4.61. The summed E-state index contributed by atoms with van der Waals surface area (Å²) in [4.78, 5) is 25.9. The normalized spacial score (nSPS) is 24.8. The van der Waals surface area contributed by atoms with Crippen LogP contribution in [0, 0.1) is 22.7 Å². The lowest BCUT2D eigenvalue weighted by Gasteiger charge is -2.13. The zero-order valence-corrected chi connectivity index (χ0v) is 17.6. The maximum absolute atomic E-state index is 13.1. The molecule has 0 spiro atoms. The number of amides is 2. The summed E-state index contributed by atoms with van der Waals surface area (Å²) < 4.78 is 0. The number of hydrogen-bond acceptors (Lipinski definition) is 3. The molecular weight excluding hydrogens is 422 g/mol. The molecule has 5 nitrogen and oxygen atoms in total. The van der Waals surface area contributed by atoms with E-state index in [0.717, 1.165) is 16.7 Å². The number of nitrogens with zero attached hydrogens (tertiary/aromatic N) is 1. The molecule has 1 heterocycles. The molecule has 3 aromatic rings. The van der Waals surface area contributed by atoms with E-state index in [1.807, 2.05) is 54.6 Å². The Labute approximate surface area is 190 Å². The highest BCUT2D eigenvalue weighted by molar-refractivity contribution is 6.37. The molecule has 6 heteroatoms. The molecule has 156 valence electrons. The van der Waals surface area contributed by atoms with Crippen LogP contribution in [0.15, 0.2) is 78.9 Å². The number of allylic oxidation sites excluding steroid dienone is 1. The van der Waals surface area contributed by atoms with Crippen molar-refractivity contribution in [3.63, 3.8) is 0 Å². The number of fused-ring (bicyclic) bond motifs is 1. The van der Waals surface area contributed by atoms with Crippen molar-refractivity contribution < 1.29 is 9.59 Å². The topological polar surface area (TPSA) is 96.0 Å². The molecule has 0 radical (unpaired) electrons. The van der Waals surface area contributed by atoms with Gasteiger partial charge in [0.1, 0.15) is 0 Å². The molecule has 1 saturated carbocycles. The van der Waals surface area contributed by atoms with Crippen molar-refractivity contribution in [2.75, 3.05) is 5.32 Å². The molecule has 3 N–H and O–H groups in total. The number of nitriles is 1. The second kappa shape index (κ2) is 7.37. The number of carbonyl (C=O) groups excluding carboxylic acids is 2. The van der Waals surface area contributed by atoms with Crippen LogP contribution in [0.3, 0.4) is 0 Å². The van der Waals surface area contributed by atoms with E-state index in [4.69, 9.17) is 17.3 Å². The third-order valence-corrected chi connectivity index (χ3v) is 6.62. The Hall–Kier alpha value is -3.88. The minimum atomic E-state index is -1.47. The van der Waals surface area contributed by atoms with Crippen LogP contribution in [0.25, 0.3) is 11.1 Å². The van der Waals surface area contributed by atoms with Gasteiger partial charge in [-0.3, -0.25) is 9.59 Å². The van der Waals surface area contributed by atoms with Gasteiger partial charge in [-0.1, -0.05) is 72.3 Å². The number of nitrogens with one attached hydrogen (secondary N) is 1. The van der Waals surface area contributed by atoms with Gasteiger partial charge in [-0.2, -0.15) is 5.26 Å². The predicted molar refractivity (Wildman–Crippen MR) is 123 cm³/mol. The van der Waals surface area contributed by atoms with E-state index in [1.165, 1.54) is 0 Å². The van der Waals surface area contributed by atoms with Gasteiger partial charge < -0.3 is 11.1 Å². The lowest BCUT2D eigenvalue weighted by atomic mass is 9.88. The zero-order valence-electron chi connectivity index (χ0n) is 16.9. The second-order valence-electron chi connectivity index (χ2n) is 8.01. The summed E-state index contributed by atoms with van der Waals surface area (Å²) in [6.45, 7) is 0. The molecule has 0 unspecified atom stereocenters. The van der Waals surface area contributed by atoms with Crippen LogP contribution < -0.4 is 11.1 Å². The SMILES string of the molecule is N#C[C@]1(C(N)=O)[C@@H](/C(=C2\C(=O)Nc3ccccc32)c2ccccc2)[C@@H]1c1ccc(Cl)cc1. The van der Waals surface area contributed by atoms with Gasteiger partial charge in [0.2, 0.25) is 5.91 Å². The zero-order chi connectivity index (χ0) is 22.5. The number of nitrogens with two attached hydrogens (primary N) is 1. The van der Waals surface area contributed by atoms with Crippen LogP contribution in [-0.4, -0.2) is 11.8 Å². The summed E-state index contributed by atoms with van der Waals surface area (Å²) in [5, 5.41) is 13.6. The van der Waals surface area contributed by atoms with Gasteiger partial charge in [0.05, 0.1) is 11.6 Å². The first-order valence-corrected chi connectivity index (χ1v) is 10.5. The van der Waals surface area contributed by atoms with Crippen molar-refractivity contribution in [2.24, 2.45) is 17.1 Å². The van der Waals surface area contributed by atoms with Crippen molar-refractivity contribution in [2.45, 2.75) is 5.92 Å². The molecule has 1 aliphatic heterocycles. The maximum Gasteiger partial charge on any atom is 0.256 e. The van der Waals surface area contributed by atoms with E-state index in [0.29, 0.717) is 21.9 Å². The fourth-order valence-electron chi connectivity index (χ4n) is 4.89. The van der Waals surface area contributed by atoms with Crippen LogP contribution >= 0.6 is 11.6 Å². The Morgan fingerprint density at radius 3 is 2.31 bits per heavy atom. The van der Waals surface area contributed by atoms with Gasteiger partial charge in [-0.15, -0.1) is 0 Å². The summed E-state index contributed by atoms with van der Waals surface area (Å²) in [6, 6.07) is 26.0. The third kappa shape index (κ3) is 2.84. The first-order chi connectivity index (χ1) is 15.5. The Morgan fingerprint density at radius 2 is 1.66 bits per heavy atom. The highest BCUT2D eigenvalue weighted by Gasteiger charge is 2.72. The van der Waals surface area contributed by atoms with E-state index < -0.39 is 23.2 Å². The largest absolute Gasteiger partial charge is 0.368 e. The fraction of sp³-hybridized carbons (Fsp3) is 0.115. The Morgan fingerprint density at radius 1 is 1.00 bits per heavy atom. The van der Waals surface area contributed by atoms with Crippen LogP contribution in [0.1, 0.15) is 22.6 Å². The summed E-state index contributed by atoms with van der Waals surface area (Å²) in [5.74, 6) is -2.04. The minimum Gasteiger partial charge on any atom is -0.368 e. The molecular formula is C26H18ClN3O2. The van der Waals surface area contributed by atoms with Crippen LogP contribution in [0.2, 0.25) is 5.02 Å². The fourth-order valence-corrected chi connectivity index (χ4v) is 5.02. The van der Waals surface area contributed by atoms with Crippen LogP contribution in [0.4, 0.5) is 5.69 Å². The second-order valence-corrected chi connectivity index (χ2v) is 8.44. The number of primary amides is 1. The van der Waals surface area contributed by atoms with Crippen molar-refractivity contribution in [1.29, 1.82) is 5.26 Å². The van der Waals surface area contributed by atoms with Gasteiger partial charge in [-0.05, 0) is 34.9 Å². The van der Waals surface area contributed by atoms with Crippen molar-refractivity contribution in [1.82, 2.24) is 0 Å². The van der Waals surface area contributed by atoms with Crippen molar-refractivity contribution >= 4 is 40.2 Å². The minimum absolute atomic E-state index is 0.261. The van der Waals surface area contributed by atoms with Gasteiger partial charge in [0, 0.05) is 28.1 Å².